The van der Waals surface area contributed by atoms with Crippen molar-refractivity contribution >= 4 is 17.3 Å². The lowest BCUT2D eigenvalue weighted by atomic mass is 10.1. The minimum Gasteiger partial charge on any atom is -0.494 e. The topological polar surface area (TPSA) is 77.3 Å². The van der Waals surface area contributed by atoms with Gasteiger partial charge in [0.25, 0.3) is 0 Å². The Morgan fingerprint density at radius 2 is 1.02 bits per heavy atom. The van der Waals surface area contributed by atoms with E-state index in [-0.39, 0.29) is 17.1 Å². The van der Waals surface area contributed by atoms with E-state index in [1.165, 1.54) is 102 Å². The van der Waals surface area contributed by atoms with Gasteiger partial charge in [-0.05, 0) is 61.4 Å². The standard InChI is InChI=1S/C36H54N2O4/c1-3-5-7-9-11-13-15-17-19-21-36(40)42-35-29-25-32(24-28-34(35)39)38-37-31-22-26-33(27-23-31)41-30-20-18-16-14-12-10-8-6-4-2/h22-29H,3-21,30H2,1-2H3. The maximum Gasteiger partial charge on any atom is 0.311 e. The molecule has 6 heteroatoms. The number of esters is 1. The molecule has 0 fully saturated rings. The number of hydrogen-bond acceptors (Lipinski definition) is 6. The zero-order valence-electron chi connectivity index (χ0n) is 26.3. The SMILES string of the molecule is CCCCCCCCCCCOc1ccc(N=Nc2ccc(OC(=O)CCCCCCCCCCC)c(=O)cc2)cc1. The van der Waals surface area contributed by atoms with Crippen molar-refractivity contribution in [2.75, 3.05) is 6.61 Å². The van der Waals surface area contributed by atoms with Gasteiger partial charge in [-0.3, -0.25) is 9.59 Å². The highest BCUT2D eigenvalue weighted by atomic mass is 16.5. The van der Waals surface area contributed by atoms with E-state index in [9.17, 15) is 9.59 Å². The number of rotatable bonds is 24. The van der Waals surface area contributed by atoms with E-state index in [1.54, 1.807) is 12.1 Å². The third-order valence-electron chi connectivity index (χ3n) is 7.40. The van der Waals surface area contributed by atoms with Crippen molar-refractivity contribution < 1.29 is 14.3 Å². The zero-order chi connectivity index (χ0) is 30.1. The summed E-state index contributed by atoms with van der Waals surface area (Å²) >= 11 is 0. The zero-order valence-corrected chi connectivity index (χ0v) is 26.3. The van der Waals surface area contributed by atoms with Crippen molar-refractivity contribution in [3.05, 3.63) is 58.8 Å². The summed E-state index contributed by atoms with van der Waals surface area (Å²) in [5.74, 6) is 0.472. The quantitative estimate of drug-likeness (QED) is 0.0705. The fourth-order valence-electron chi connectivity index (χ4n) is 4.77. The summed E-state index contributed by atoms with van der Waals surface area (Å²) in [5, 5.41) is 8.51. The van der Waals surface area contributed by atoms with Gasteiger partial charge in [0.15, 0.2) is 5.75 Å². The Morgan fingerprint density at radius 1 is 0.571 bits per heavy atom. The predicted octanol–water partition coefficient (Wildman–Crippen LogP) is 11.2. The van der Waals surface area contributed by atoms with Gasteiger partial charge in [-0.2, -0.15) is 10.2 Å². The van der Waals surface area contributed by atoms with Gasteiger partial charge in [0.1, 0.15) is 5.75 Å². The van der Waals surface area contributed by atoms with Crippen LogP contribution in [0.5, 0.6) is 11.5 Å². The Balaban J connectivity index is 1.67. The number of ether oxygens (including phenoxy) is 2. The van der Waals surface area contributed by atoms with Crippen LogP contribution in [0, 0.1) is 0 Å². The lowest BCUT2D eigenvalue weighted by molar-refractivity contribution is -0.134. The maximum atomic E-state index is 12.4. The average Bonchev–Trinajstić information content (AvgIpc) is 3.17. The van der Waals surface area contributed by atoms with Gasteiger partial charge in [-0.15, -0.1) is 0 Å². The Morgan fingerprint density at radius 3 is 1.57 bits per heavy atom. The molecule has 0 atom stereocenters. The minimum absolute atomic E-state index is 0.0193. The Bertz CT molecular complexity index is 1070. The number of unbranched alkanes of at least 4 members (excludes halogenated alkanes) is 16. The Kier molecular flexibility index (Phi) is 19.7. The third-order valence-corrected chi connectivity index (χ3v) is 7.40. The fraction of sp³-hybridized carbons (Fsp3) is 0.611. The smallest absolute Gasteiger partial charge is 0.311 e. The van der Waals surface area contributed by atoms with Crippen LogP contribution in [0.1, 0.15) is 136 Å². The average molecular weight is 579 g/mol. The van der Waals surface area contributed by atoms with E-state index in [1.807, 2.05) is 24.3 Å². The van der Waals surface area contributed by atoms with Crippen LogP contribution in [0.2, 0.25) is 0 Å². The molecule has 232 valence electrons. The summed E-state index contributed by atoms with van der Waals surface area (Å²) in [4.78, 5) is 24.6. The molecular weight excluding hydrogens is 524 g/mol. The number of azo groups is 1. The van der Waals surface area contributed by atoms with Crippen LogP contribution < -0.4 is 14.9 Å². The first-order chi connectivity index (χ1) is 20.6. The van der Waals surface area contributed by atoms with E-state index in [0.717, 1.165) is 38.0 Å². The van der Waals surface area contributed by atoms with Crippen molar-refractivity contribution in [3.8, 4) is 11.5 Å². The minimum atomic E-state index is -0.371. The van der Waals surface area contributed by atoms with E-state index in [2.05, 4.69) is 24.1 Å². The highest BCUT2D eigenvalue weighted by molar-refractivity contribution is 5.72. The molecule has 0 spiro atoms. The molecule has 0 radical (unpaired) electrons. The molecule has 0 saturated heterocycles. The van der Waals surface area contributed by atoms with Crippen LogP contribution in [-0.2, 0) is 4.79 Å². The summed E-state index contributed by atoms with van der Waals surface area (Å²) in [6, 6.07) is 13.6. The second-order valence-corrected chi connectivity index (χ2v) is 11.2. The molecule has 0 aliphatic rings. The molecule has 2 rings (SSSR count). The highest BCUT2D eigenvalue weighted by Gasteiger charge is 2.07. The van der Waals surface area contributed by atoms with Gasteiger partial charge in [0.2, 0.25) is 5.43 Å². The molecule has 42 heavy (non-hydrogen) atoms. The van der Waals surface area contributed by atoms with Gasteiger partial charge in [-0.25, -0.2) is 0 Å². The van der Waals surface area contributed by atoms with Crippen LogP contribution in [0.4, 0.5) is 11.4 Å². The van der Waals surface area contributed by atoms with Crippen molar-refractivity contribution in [3.63, 3.8) is 0 Å². The summed E-state index contributed by atoms with van der Waals surface area (Å²) in [7, 11) is 0. The summed E-state index contributed by atoms with van der Waals surface area (Å²) in [6.45, 7) is 5.20. The highest BCUT2D eigenvalue weighted by Crippen LogP contribution is 2.22. The summed E-state index contributed by atoms with van der Waals surface area (Å²) in [5.41, 5.74) is 0.830. The first-order valence-electron chi connectivity index (χ1n) is 16.6. The molecule has 0 N–H and O–H groups in total. The van der Waals surface area contributed by atoms with Crippen LogP contribution in [0.25, 0.3) is 0 Å². The number of carbonyl (C=O) groups excluding carboxylic acids is 1. The van der Waals surface area contributed by atoms with Gasteiger partial charge in [0, 0.05) is 6.42 Å². The van der Waals surface area contributed by atoms with Crippen LogP contribution in [0.3, 0.4) is 0 Å². The van der Waals surface area contributed by atoms with E-state index in [0.29, 0.717) is 17.8 Å². The van der Waals surface area contributed by atoms with Gasteiger partial charge in [-0.1, -0.05) is 117 Å². The Labute approximate surface area is 254 Å². The second kappa shape index (κ2) is 23.5. The van der Waals surface area contributed by atoms with Gasteiger partial charge >= 0.3 is 5.97 Å². The largest absolute Gasteiger partial charge is 0.494 e. The van der Waals surface area contributed by atoms with Crippen LogP contribution in [0.15, 0.2) is 63.6 Å². The van der Waals surface area contributed by atoms with Crippen molar-refractivity contribution in [2.24, 2.45) is 10.2 Å². The first kappa shape index (κ1) is 35.2. The molecule has 2 aromatic rings. The normalized spacial score (nSPS) is 11.2. The van der Waals surface area contributed by atoms with Crippen LogP contribution in [-0.4, -0.2) is 12.6 Å². The van der Waals surface area contributed by atoms with E-state index < -0.39 is 0 Å². The summed E-state index contributed by atoms with van der Waals surface area (Å²) < 4.78 is 11.2. The molecule has 0 bridgehead atoms. The maximum absolute atomic E-state index is 12.4. The monoisotopic (exact) mass is 578 g/mol. The first-order valence-corrected chi connectivity index (χ1v) is 16.6. The molecule has 0 aliphatic heterocycles. The van der Waals surface area contributed by atoms with Gasteiger partial charge in [0.05, 0.1) is 18.0 Å². The molecule has 0 amide bonds. The van der Waals surface area contributed by atoms with E-state index >= 15 is 0 Å². The predicted molar refractivity (Wildman–Crippen MR) is 174 cm³/mol. The number of carbonyl (C=O) groups is 1. The molecule has 0 aromatic heterocycles. The van der Waals surface area contributed by atoms with Crippen molar-refractivity contribution in [1.29, 1.82) is 0 Å². The Hall–Kier alpha value is -3.02. The van der Waals surface area contributed by atoms with Crippen LogP contribution >= 0.6 is 0 Å². The number of nitrogens with zero attached hydrogens (tertiary/aromatic N) is 2. The van der Waals surface area contributed by atoms with Crippen molar-refractivity contribution in [1.82, 2.24) is 0 Å². The molecule has 6 nitrogen and oxygen atoms in total. The fourth-order valence-corrected chi connectivity index (χ4v) is 4.77. The molecule has 2 aromatic carbocycles. The number of hydrogen-bond donors (Lipinski definition) is 0. The molecule has 0 aliphatic carbocycles. The van der Waals surface area contributed by atoms with Gasteiger partial charge < -0.3 is 9.47 Å². The lowest BCUT2D eigenvalue weighted by Crippen LogP contribution is -2.12. The summed E-state index contributed by atoms with van der Waals surface area (Å²) in [6.07, 6.45) is 22.6. The third kappa shape index (κ3) is 17.1. The number of benzene rings is 1. The van der Waals surface area contributed by atoms with E-state index in [4.69, 9.17) is 9.47 Å². The second-order valence-electron chi connectivity index (χ2n) is 11.2. The molecular formula is C36H54N2O4. The molecule has 0 saturated carbocycles. The molecule has 0 unspecified atom stereocenters. The molecule has 0 heterocycles. The lowest BCUT2D eigenvalue weighted by Gasteiger charge is -2.06. The van der Waals surface area contributed by atoms with Crippen molar-refractivity contribution in [2.45, 2.75) is 136 Å².